The molecule has 0 aliphatic rings. The molecule has 5 heteroatoms. The second-order valence-electron chi connectivity index (χ2n) is 3.43. The first-order valence-electron chi connectivity index (χ1n) is 4.93. The average Bonchev–Trinajstić information content (AvgIpc) is 2.28. The fourth-order valence-electron chi connectivity index (χ4n) is 1.34. The van der Waals surface area contributed by atoms with Gasteiger partial charge in [-0.15, -0.1) is 0 Å². The zero-order valence-electron chi connectivity index (χ0n) is 9.10. The van der Waals surface area contributed by atoms with Gasteiger partial charge in [0.2, 0.25) is 0 Å². The number of benzene rings is 1. The van der Waals surface area contributed by atoms with Crippen LogP contribution in [0.3, 0.4) is 0 Å². The van der Waals surface area contributed by atoms with E-state index in [1.54, 1.807) is 25.1 Å². The van der Waals surface area contributed by atoms with Crippen LogP contribution in [0, 0.1) is 18.3 Å². The average molecular weight is 243 g/mol. The van der Waals surface area contributed by atoms with Crippen LogP contribution in [0.15, 0.2) is 45.2 Å². The molecule has 0 radical (unpaired) electrons. The van der Waals surface area contributed by atoms with Crippen LogP contribution in [0.4, 0.5) is 0 Å². The molecule has 2 aromatic rings. The molecular weight excluding hydrogens is 234 g/mol. The van der Waals surface area contributed by atoms with E-state index in [0.717, 1.165) is 4.90 Å². The zero-order chi connectivity index (χ0) is 12.3. The largest absolute Gasteiger partial charge is 0.301 e. The molecule has 0 amide bonds. The van der Waals surface area contributed by atoms with Crippen LogP contribution in [0.2, 0.25) is 0 Å². The van der Waals surface area contributed by atoms with Gasteiger partial charge < -0.3 is 4.98 Å². The first-order valence-corrected chi connectivity index (χ1v) is 5.75. The van der Waals surface area contributed by atoms with Gasteiger partial charge in [0.05, 0.1) is 11.6 Å². The Morgan fingerprint density at radius 3 is 2.94 bits per heavy atom. The molecule has 1 aromatic carbocycles. The van der Waals surface area contributed by atoms with Crippen molar-refractivity contribution < 1.29 is 0 Å². The Bertz CT molecular complexity index is 643. The summed E-state index contributed by atoms with van der Waals surface area (Å²) in [5.74, 6) is 0. The molecule has 0 saturated heterocycles. The molecule has 84 valence electrons. The highest BCUT2D eigenvalue weighted by molar-refractivity contribution is 7.99. The van der Waals surface area contributed by atoms with E-state index in [2.05, 4.69) is 16.0 Å². The summed E-state index contributed by atoms with van der Waals surface area (Å²) < 4.78 is 0. The van der Waals surface area contributed by atoms with Crippen LogP contribution in [0.5, 0.6) is 0 Å². The third-order valence-corrected chi connectivity index (χ3v) is 2.90. The van der Waals surface area contributed by atoms with Gasteiger partial charge in [0.25, 0.3) is 5.56 Å². The van der Waals surface area contributed by atoms with Crippen LogP contribution >= 0.6 is 11.8 Å². The zero-order valence-corrected chi connectivity index (χ0v) is 9.91. The molecule has 0 bridgehead atoms. The standard InChI is InChI=1S/C12H9N3OS/c1-8-5-11(16)15-12(14-8)17-10-4-2-3-9(6-10)7-13/h2-6H,1H3,(H,14,15,16). The second kappa shape index (κ2) is 4.85. The number of aromatic amines is 1. The van der Waals surface area contributed by atoms with E-state index >= 15 is 0 Å². The van der Waals surface area contributed by atoms with E-state index < -0.39 is 0 Å². The molecule has 0 fully saturated rings. The van der Waals surface area contributed by atoms with Crippen molar-refractivity contribution in [1.82, 2.24) is 9.97 Å². The van der Waals surface area contributed by atoms with E-state index in [4.69, 9.17) is 5.26 Å². The van der Waals surface area contributed by atoms with Crippen LogP contribution in [-0.2, 0) is 0 Å². The van der Waals surface area contributed by atoms with Crippen LogP contribution < -0.4 is 5.56 Å². The van der Waals surface area contributed by atoms with Gasteiger partial charge in [-0.1, -0.05) is 17.8 Å². The van der Waals surface area contributed by atoms with Crippen LogP contribution in [-0.4, -0.2) is 9.97 Å². The first-order chi connectivity index (χ1) is 8.17. The second-order valence-corrected chi connectivity index (χ2v) is 4.50. The van der Waals surface area contributed by atoms with Gasteiger partial charge in [0.15, 0.2) is 5.16 Å². The minimum absolute atomic E-state index is 0.170. The monoisotopic (exact) mass is 243 g/mol. The summed E-state index contributed by atoms with van der Waals surface area (Å²) in [7, 11) is 0. The first kappa shape index (κ1) is 11.4. The highest BCUT2D eigenvalue weighted by Gasteiger charge is 2.02. The van der Waals surface area contributed by atoms with Crippen molar-refractivity contribution in [3.05, 3.63) is 51.9 Å². The lowest BCUT2D eigenvalue weighted by Crippen LogP contribution is -2.07. The van der Waals surface area contributed by atoms with E-state index in [-0.39, 0.29) is 5.56 Å². The van der Waals surface area contributed by atoms with Crippen molar-refractivity contribution in [3.8, 4) is 6.07 Å². The lowest BCUT2D eigenvalue weighted by Gasteiger charge is -2.01. The van der Waals surface area contributed by atoms with Crippen molar-refractivity contribution in [2.45, 2.75) is 17.0 Å². The van der Waals surface area contributed by atoms with Crippen molar-refractivity contribution in [3.63, 3.8) is 0 Å². The summed E-state index contributed by atoms with van der Waals surface area (Å²) in [6.45, 7) is 1.77. The highest BCUT2D eigenvalue weighted by Crippen LogP contribution is 2.24. The minimum Gasteiger partial charge on any atom is -0.301 e. The van der Waals surface area contributed by atoms with Crippen LogP contribution in [0.25, 0.3) is 0 Å². The molecule has 1 heterocycles. The SMILES string of the molecule is Cc1cc(=O)[nH]c(Sc2cccc(C#N)c2)n1. The number of nitriles is 1. The number of nitrogens with one attached hydrogen (secondary N) is 1. The quantitative estimate of drug-likeness (QED) is 0.820. The normalized spacial score (nSPS) is 9.88. The Morgan fingerprint density at radius 2 is 2.24 bits per heavy atom. The Balaban J connectivity index is 2.31. The number of rotatable bonds is 2. The summed E-state index contributed by atoms with van der Waals surface area (Å²) in [5.41, 5.74) is 1.09. The van der Waals surface area contributed by atoms with Crippen molar-refractivity contribution in [2.24, 2.45) is 0 Å². The number of hydrogen-bond donors (Lipinski definition) is 1. The van der Waals surface area contributed by atoms with E-state index in [9.17, 15) is 4.79 Å². The molecule has 17 heavy (non-hydrogen) atoms. The van der Waals surface area contributed by atoms with E-state index in [0.29, 0.717) is 16.4 Å². The van der Waals surface area contributed by atoms with E-state index in [1.165, 1.54) is 17.8 Å². The molecule has 0 aliphatic carbocycles. The summed E-state index contributed by atoms with van der Waals surface area (Å²) in [6, 6.07) is 10.7. The minimum atomic E-state index is -0.170. The van der Waals surface area contributed by atoms with Crippen LogP contribution in [0.1, 0.15) is 11.3 Å². The van der Waals surface area contributed by atoms with Gasteiger partial charge in [0, 0.05) is 16.7 Å². The smallest absolute Gasteiger partial charge is 0.251 e. The highest BCUT2D eigenvalue weighted by atomic mass is 32.2. The summed E-state index contributed by atoms with van der Waals surface area (Å²) in [5, 5.41) is 9.32. The van der Waals surface area contributed by atoms with Crippen molar-refractivity contribution in [2.75, 3.05) is 0 Å². The third-order valence-electron chi connectivity index (χ3n) is 2.03. The summed E-state index contributed by atoms with van der Waals surface area (Å²) in [6.07, 6.45) is 0. The maximum absolute atomic E-state index is 11.3. The Morgan fingerprint density at radius 1 is 1.41 bits per heavy atom. The fourth-order valence-corrected chi connectivity index (χ4v) is 2.24. The van der Waals surface area contributed by atoms with Crippen molar-refractivity contribution in [1.29, 1.82) is 5.26 Å². The molecule has 0 unspecified atom stereocenters. The lowest BCUT2D eigenvalue weighted by molar-refractivity contribution is 0.905. The molecule has 2 rings (SSSR count). The van der Waals surface area contributed by atoms with Gasteiger partial charge in [0.1, 0.15) is 0 Å². The fraction of sp³-hybridized carbons (Fsp3) is 0.0833. The lowest BCUT2D eigenvalue weighted by atomic mass is 10.2. The van der Waals surface area contributed by atoms with Gasteiger partial charge in [-0.3, -0.25) is 4.79 Å². The number of aryl methyl sites for hydroxylation is 1. The predicted octanol–water partition coefficient (Wildman–Crippen LogP) is 2.10. The molecule has 1 N–H and O–H groups in total. The van der Waals surface area contributed by atoms with Gasteiger partial charge in [-0.2, -0.15) is 5.26 Å². The Kier molecular flexibility index (Phi) is 3.26. The summed E-state index contributed by atoms with van der Waals surface area (Å²) >= 11 is 1.33. The maximum Gasteiger partial charge on any atom is 0.251 e. The van der Waals surface area contributed by atoms with E-state index in [1.807, 2.05) is 6.07 Å². The number of H-pyrrole nitrogens is 1. The topological polar surface area (TPSA) is 69.5 Å². The summed E-state index contributed by atoms with van der Waals surface area (Å²) in [4.78, 5) is 19.0. The molecule has 0 spiro atoms. The molecular formula is C12H9N3OS. The molecule has 4 nitrogen and oxygen atoms in total. The molecule has 0 saturated carbocycles. The van der Waals surface area contributed by atoms with Gasteiger partial charge >= 0.3 is 0 Å². The Labute approximate surface area is 102 Å². The maximum atomic E-state index is 11.3. The third kappa shape index (κ3) is 2.95. The predicted molar refractivity (Wildman–Crippen MR) is 64.9 cm³/mol. The molecule has 1 aromatic heterocycles. The molecule has 0 atom stereocenters. The molecule has 0 aliphatic heterocycles. The number of nitrogens with zero attached hydrogens (tertiary/aromatic N) is 2. The number of aromatic nitrogens is 2. The Hall–Kier alpha value is -2.06. The van der Waals surface area contributed by atoms with Gasteiger partial charge in [-0.25, -0.2) is 4.98 Å². The van der Waals surface area contributed by atoms with Gasteiger partial charge in [-0.05, 0) is 25.1 Å². The van der Waals surface area contributed by atoms with Crippen molar-refractivity contribution >= 4 is 11.8 Å². The number of hydrogen-bond acceptors (Lipinski definition) is 4.